The number of furan rings is 1. The van der Waals surface area contributed by atoms with Crippen LogP contribution in [0.3, 0.4) is 0 Å². The van der Waals surface area contributed by atoms with Gasteiger partial charge in [0.15, 0.2) is 11.4 Å². The molecule has 0 bridgehead atoms. The summed E-state index contributed by atoms with van der Waals surface area (Å²) in [6.07, 6.45) is 0. The highest BCUT2D eigenvalue weighted by molar-refractivity contribution is 5.96. The molecule has 0 aliphatic heterocycles. The lowest BCUT2D eigenvalue weighted by atomic mass is 10.1. The van der Waals surface area contributed by atoms with Crippen molar-refractivity contribution in [2.45, 2.75) is 6.92 Å². The average Bonchev–Trinajstić information content (AvgIpc) is 2.87. The van der Waals surface area contributed by atoms with Gasteiger partial charge in [-0.3, -0.25) is 10.1 Å². The van der Waals surface area contributed by atoms with Gasteiger partial charge in [0.05, 0.1) is 4.92 Å². The van der Waals surface area contributed by atoms with E-state index in [1.807, 2.05) is 0 Å². The van der Waals surface area contributed by atoms with Gasteiger partial charge in [0.2, 0.25) is 5.76 Å². The molecule has 3 aromatic rings. The molecule has 116 valence electrons. The summed E-state index contributed by atoms with van der Waals surface area (Å²) in [7, 11) is 0. The number of halogens is 1. The summed E-state index contributed by atoms with van der Waals surface area (Å²) >= 11 is 0. The number of nitro benzene ring substituents is 1. The number of fused-ring (bicyclic) bond motifs is 1. The van der Waals surface area contributed by atoms with Crippen molar-refractivity contribution in [2.24, 2.45) is 0 Å². The maximum Gasteiger partial charge on any atom is 0.379 e. The lowest BCUT2D eigenvalue weighted by molar-refractivity contribution is -0.384. The van der Waals surface area contributed by atoms with Crippen molar-refractivity contribution in [1.82, 2.24) is 0 Å². The largest absolute Gasteiger partial charge is 0.446 e. The van der Waals surface area contributed by atoms with Gasteiger partial charge in [0, 0.05) is 23.1 Å². The monoisotopic (exact) mass is 315 g/mol. The number of ether oxygens (including phenoxy) is 1. The summed E-state index contributed by atoms with van der Waals surface area (Å²) in [6, 6.07) is 9.42. The predicted molar refractivity (Wildman–Crippen MR) is 79.0 cm³/mol. The van der Waals surface area contributed by atoms with E-state index in [1.165, 1.54) is 36.4 Å². The minimum absolute atomic E-state index is 0.0133. The minimum Gasteiger partial charge on any atom is -0.446 e. The normalized spacial score (nSPS) is 10.7. The second kappa shape index (κ2) is 5.53. The van der Waals surface area contributed by atoms with Crippen molar-refractivity contribution in [2.75, 3.05) is 0 Å². The quantitative estimate of drug-likeness (QED) is 0.316. The Morgan fingerprint density at radius 3 is 2.52 bits per heavy atom. The number of nitro groups is 1. The molecular weight excluding hydrogens is 305 g/mol. The van der Waals surface area contributed by atoms with Crippen molar-refractivity contribution in [3.8, 4) is 5.75 Å². The Morgan fingerprint density at radius 1 is 1.22 bits per heavy atom. The van der Waals surface area contributed by atoms with Crippen LogP contribution in [0.4, 0.5) is 10.1 Å². The molecule has 0 aliphatic carbocycles. The number of non-ortho nitro benzene ring substituents is 1. The van der Waals surface area contributed by atoms with Crippen LogP contribution in [0.5, 0.6) is 5.75 Å². The Kier molecular flexibility index (Phi) is 3.53. The fourth-order valence-electron chi connectivity index (χ4n) is 2.19. The van der Waals surface area contributed by atoms with Crippen LogP contribution in [-0.2, 0) is 0 Å². The van der Waals surface area contributed by atoms with E-state index in [-0.39, 0.29) is 22.8 Å². The van der Waals surface area contributed by atoms with Crippen LogP contribution >= 0.6 is 0 Å². The average molecular weight is 315 g/mol. The fourth-order valence-corrected chi connectivity index (χ4v) is 2.19. The molecule has 7 heteroatoms. The van der Waals surface area contributed by atoms with Gasteiger partial charge in [0.1, 0.15) is 5.75 Å². The lowest BCUT2D eigenvalue weighted by Crippen LogP contribution is -2.08. The molecule has 6 nitrogen and oxygen atoms in total. The zero-order valence-corrected chi connectivity index (χ0v) is 11.9. The third kappa shape index (κ3) is 2.64. The first-order valence-electron chi connectivity index (χ1n) is 6.61. The second-order valence-corrected chi connectivity index (χ2v) is 4.81. The maximum absolute atomic E-state index is 13.7. The van der Waals surface area contributed by atoms with Gasteiger partial charge in [-0.25, -0.2) is 9.18 Å². The standard InChI is InChI=1S/C16H10FNO5/c1-9-12-3-2-4-13(17)15(12)23-14(9)16(19)22-11-7-5-10(6-8-11)18(20)21/h2-8H,1H3. The molecule has 2 aromatic carbocycles. The summed E-state index contributed by atoms with van der Waals surface area (Å²) in [5, 5.41) is 11.1. The van der Waals surface area contributed by atoms with Crippen LogP contribution in [-0.4, -0.2) is 10.9 Å². The van der Waals surface area contributed by atoms with Gasteiger partial charge < -0.3 is 9.15 Å². The highest BCUT2D eigenvalue weighted by atomic mass is 19.1. The summed E-state index contributed by atoms with van der Waals surface area (Å²) in [4.78, 5) is 22.2. The first-order valence-corrected chi connectivity index (χ1v) is 6.61. The first-order chi connectivity index (χ1) is 11.0. The third-order valence-corrected chi connectivity index (χ3v) is 3.36. The van der Waals surface area contributed by atoms with Crippen LogP contribution in [0.2, 0.25) is 0 Å². The Bertz CT molecular complexity index is 914. The SMILES string of the molecule is Cc1c(C(=O)Oc2ccc([N+](=O)[O-])cc2)oc2c(F)cccc12. The van der Waals surface area contributed by atoms with E-state index in [0.717, 1.165) is 0 Å². The number of para-hydroxylation sites is 1. The number of hydrogen-bond acceptors (Lipinski definition) is 5. The highest BCUT2D eigenvalue weighted by Crippen LogP contribution is 2.28. The van der Waals surface area contributed by atoms with Crippen LogP contribution in [0.1, 0.15) is 16.1 Å². The van der Waals surface area contributed by atoms with Crippen molar-refractivity contribution in [1.29, 1.82) is 0 Å². The van der Waals surface area contributed by atoms with Crippen LogP contribution in [0.15, 0.2) is 46.9 Å². The number of aryl methyl sites for hydroxylation is 1. The first kappa shape index (κ1) is 14.7. The van der Waals surface area contributed by atoms with E-state index in [9.17, 15) is 19.3 Å². The molecule has 0 N–H and O–H groups in total. The fraction of sp³-hybridized carbons (Fsp3) is 0.0625. The van der Waals surface area contributed by atoms with E-state index < -0.39 is 16.7 Å². The van der Waals surface area contributed by atoms with E-state index in [4.69, 9.17) is 9.15 Å². The highest BCUT2D eigenvalue weighted by Gasteiger charge is 2.21. The van der Waals surface area contributed by atoms with Gasteiger partial charge in [-0.2, -0.15) is 0 Å². The Morgan fingerprint density at radius 2 is 1.91 bits per heavy atom. The topological polar surface area (TPSA) is 82.6 Å². The van der Waals surface area contributed by atoms with Gasteiger partial charge in [-0.15, -0.1) is 0 Å². The summed E-state index contributed by atoms with van der Waals surface area (Å²) in [6.45, 7) is 1.62. The Labute approximate surface area is 129 Å². The molecule has 1 heterocycles. The van der Waals surface area contributed by atoms with Crippen molar-refractivity contribution >= 4 is 22.6 Å². The molecular formula is C16H10FNO5. The third-order valence-electron chi connectivity index (χ3n) is 3.36. The smallest absolute Gasteiger partial charge is 0.379 e. The molecule has 0 spiro atoms. The van der Waals surface area contributed by atoms with E-state index >= 15 is 0 Å². The summed E-state index contributed by atoms with van der Waals surface area (Å²) in [5.41, 5.74) is 0.332. The number of nitrogens with zero attached hydrogens (tertiary/aromatic N) is 1. The van der Waals surface area contributed by atoms with Gasteiger partial charge in [-0.1, -0.05) is 12.1 Å². The number of rotatable bonds is 3. The molecule has 0 aliphatic rings. The zero-order valence-electron chi connectivity index (χ0n) is 11.9. The van der Waals surface area contributed by atoms with E-state index in [1.54, 1.807) is 13.0 Å². The molecule has 3 rings (SSSR count). The molecule has 23 heavy (non-hydrogen) atoms. The second-order valence-electron chi connectivity index (χ2n) is 4.81. The number of carbonyl (C=O) groups excluding carboxylic acids is 1. The molecule has 0 radical (unpaired) electrons. The Hall–Kier alpha value is -3.22. The summed E-state index contributed by atoms with van der Waals surface area (Å²) in [5.74, 6) is -1.35. The van der Waals surface area contributed by atoms with Crippen LogP contribution < -0.4 is 4.74 Å². The van der Waals surface area contributed by atoms with Crippen molar-refractivity contribution < 1.29 is 23.3 Å². The van der Waals surface area contributed by atoms with E-state index in [2.05, 4.69) is 0 Å². The molecule has 0 atom stereocenters. The lowest BCUT2D eigenvalue weighted by Gasteiger charge is -2.02. The summed E-state index contributed by atoms with van der Waals surface area (Å²) < 4.78 is 24.1. The van der Waals surface area contributed by atoms with Gasteiger partial charge in [0.25, 0.3) is 5.69 Å². The number of benzene rings is 2. The Balaban J connectivity index is 1.90. The zero-order chi connectivity index (χ0) is 16.6. The predicted octanol–water partition coefficient (Wildman–Crippen LogP) is 4.01. The molecule has 1 aromatic heterocycles. The minimum atomic E-state index is -0.799. The van der Waals surface area contributed by atoms with Crippen LogP contribution in [0, 0.1) is 22.9 Å². The molecule has 0 saturated carbocycles. The maximum atomic E-state index is 13.7. The molecule has 0 unspecified atom stereocenters. The van der Waals surface area contributed by atoms with E-state index in [0.29, 0.717) is 10.9 Å². The number of esters is 1. The number of carbonyl (C=O) groups is 1. The molecule has 0 fully saturated rings. The van der Waals surface area contributed by atoms with Crippen molar-refractivity contribution in [3.05, 3.63) is 69.7 Å². The van der Waals surface area contributed by atoms with Gasteiger partial charge in [-0.05, 0) is 25.1 Å². The van der Waals surface area contributed by atoms with Gasteiger partial charge >= 0.3 is 5.97 Å². The molecule has 0 saturated heterocycles. The molecule has 0 amide bonds. The van der Waals surface area contributed by atoms with Crippen LogP contribution in [0.25, 0.3) is 11.0 Å². The van der Waals surface area contributed by atoms with Crippen molar-refractivity contribution in [3.63, 3.8) is 0 Å². The number of hydrogen-bond donors (Lipinski definition) is 0.